The molecule has 2 aromatic rings. The highest BCUT2D eigenvalue weighted by Crippen LogP contribution is 2.17. The van der Waals surface area contributed by atoms with Crippen LogP contribution in [0.2, 0.25) is 0 Å². The lowest BCUT2D eigenvalue weighted by Gasteiger charge is -1.98. The van der Waals surface area contributed by atoms with Gasteiger partial charge < -0.3 is 10.3 Å². The molecule has 2 N–H and O–H groups in total. The topological polar surface area (TPSA) is 43.8 Å². The number of nitrogens with two attached hydrogens (primary N) is 1. The van der Waals surface area contributed by atoms with Crippen molar-refractivity contribution in [2.24, 2.45) is 7.05 Å². The van der Waals surface area contributed by atoms with E-state index in [0.29, 0.717) is 0 Å². The largest absolute Gasteiger partial charge is 0.397 e. The van der Waals surface area contributed by atoms with Crippen LogP contribution in [0.15, 0.2) is 24.5 Å². The molecular formula is C8H9N3. The van der Waals surface area contributed by atoms with Gasteiger partial charge in [0, 0.05) is 19.4 Å². The molecule has 3 heteroatoms. The molecule has 2 heterocycles. The predicted octanol–water partition coefficient (Wildman–Crippen LogP) is 1.16. The Balaban J connectivity index is 2.96. The lowest BCUT2D eigenvalue weighted by Crippen LogP contribution is -1.92. The molecule has 0 saturated heterocycles. The third-order valence-corrected chi connectivity index (χ3v) is 1.79. The maximum Gasteiger partial charge on any atom is 0.0902 e. The number of fused-ring (bicyclic) bond motifs is 1. The Morgan fingerprint density at radius 1 is 1.45 bits per heavy atom. The number of hydrogen-bond donors (Lipinski definition) is 1. The molecule has 0 spiro atoms. The predicted molar refractivity (Wildman–Crippen MR) is 45.1 cm³/mol. The van der Waals surface area contributed by atoms with E-state index in [1.165, 1.54) is 0 Å². The molecule has 0 saturated carbocycles. The van der Waals surface area contributed by atoms with Gasteiger partial charge in [0.15, 0.2) is 0 Å². The van der Waals surface area contributed by atoms with Crippen LogP contribution >= 0.6 is 0 Å². The summed E-state index contributed by atoms with van der Waals surface area (Å²) >= 11 is 0. The Morgan fingerprint density at radius 3 is 3.00 bits per heavy atom. The molecular weight excluding hydrogens is 138 g/mol. The number of aryl methyl sites for hydroxylation is 1. The second-order valence-electron chi connectivity index (χ2n) is 2.56. The van der Waals surface area contributed by atoms with Crippen molar-refractivity contribution in [1.29, 1.82) is 0 Å². The molecule has 0 fully saturated rings. The van der Waals surface area contributed by atoms with Crippen LogP contribution in [-0.2, 0) is 7.05 Å². The highest BCUT2D eigenvalue weighted by atomic mass is 14.9. The Morgan fingerprint density at radius 2 is 2.27 bits per heavy atom. The van der Waals surface area contributed by atoms with Gasteiger partial charge in [-0.2, -0.15) is 0 Å². The van der Waals surface area contributed by atoms with Crippen molar-refractivity contribution in [2.45, 2.75) is 0 Å². The number of nitrogens with zero attached hydrogens (tertiary/aromatic N) is 2. The fourth-order valence-corrected chi connectivity index (χ4v) is 1.25. The minimum absolute atomic E-state index is 0.780. The highest BCUT2D eigenvalue weighted by Gasteiger charge is 2.00. The molecule has 2 rings (SSSR count). The summed E-state index contributed by atoms with van der Waals surface area (Å²) < 4.78 is 1.97. The Kier molecular flexibility index (Phi) is 1.12. The van der Waals surface area contributed by atoms with Crippen LogP contribution in [0.5, 0.6) is 0 Å². The summed E-state index contributed by atoms with van der Waals surface area (Å²) in [6.07, 6.45) is 3.67. The third kappa shape index (κ3) is 0.774. The van der Waals surface area contributed by atoms with Crippen molar-refractivity contribution in [3.8, 4) is 0 Å². The van der Waals surface area contributed by atoms with Gasteiger partial charge in [-0.15, -0.1) is 0 Å². The second-order valence-corrected chi connectivity index (χ2v) is 2.56. The van der Waals surface area contributed by atoms with Gasteiger partial charge in [0.1, 0.15) is 0 Å². The molecule has 56 valence electrons. The van der Waals surface area contributed by atoms with Gasteiger partial charge in [-0.3, -0.25) is 4.98 Å². The average molecular weight is 147 g/mol. The van der Waals surface area contributed by atoms with E-state index in [-0.39, 0.29) is 0 Å². The molecule has 0 atom stereocenters. The maximum absolute atomic E-state index is 5.74. The Hall–Kier alpha value is -1.51. The quantitative estimate of drug-likeness (QED) is 0.607. The zero-order chi connectivity index (χ0) is 7.84. The van der Waals surface area contributed by atoms with Crippen molar-refractivity contribution in [1.82, 2.24) is 9.55 Å². The Labute approximate surface area is 64.5 Å². The molecule has 0 aromatic carbocycles. The number of aromatic nitrogens is 2. The summed E-state index contributed by atoms with van der Waals surface area (Å²) in [6, 6.07) is 3.76. The van der Waals surface area contributed by atoms with Gasteiger partial charge in [-0.1, -0.05) is 0 Å². The van der Waals surface area contributed by atoms with Crippen LogP contribution in [0.3, 0.4) is 0 Å². The summed E-state index contributed by atoms with van der Waals surface area (Å²) in [4.78, 5) is 4.16. The molecule has 11 heavy (non-hydrogen) atoms. The number of pyridine rings is 1. The van der Waals surface area contributed by atoms with Crippen molar-refractivity contribution < 1.29 is 0 Å². The van der Waals surface area contributed by atoms with Crippen molar-refractivity contribution >= 4 is 16.7 Å². The minimum Gasteiger partial charge on any atom is -0.397 e. The summed E-state index contributed by atoms with van der Waals surface area (Å²) in [5, 5.41) is 0. The van der Waals surface area contributed by atoms with Crippen molar-refractivity contribution in [2.75, 3.05) is 5.73 Å². The van der Waals surface area contributed by atoms with E-state index >= 15 is 0 Å². The lowest BCUT2D eigenvalue weighted by atomic mass is 10.3. The number of anilines is 1. The van der Waals surface area contributed by atoms with Gasteiger partial charge >= 0.3 is 0 Å². The van der Waals surface area contributed by atoms with E-state index in [4.69, 9.17) is 5.73 Å². The maximum atomic E-state index is 5.74. The fraction of sp³-hybridized carbons (Fsp3) is 0.125. The molecule has 0 aliphatic heterocycles. The zero-order valence-corrected chi connectivity index (χ0v) is 6.28. The fourth-order valence-electron chi connectivity index (χ4n) is 1.25. The van der Waals surface area contributed by atoms with Crippen molar-refractivity contribution in [3.63, 3.8) is 0 Å². The van der Waals surface area contributed by atoms with Gasteiger partial charge in [0.25, 0.3) is 0 Å². The first-order valence-electron chi connectivity index (χ1n) is 3.44. The van der Waals surface area contributed by atoms with Crippen LogP contribution in [0.25, 0.3) is 11.0 Å². The van der Waals surface area contributed by atoms with Crippen LogP contribution in [0.1, 0.15) is 0 Å². The number of rotatable bonds is 0. The first-order valence-corrected chi connectivity index (χ1v) is 3.44. The molecule has 2 aromatic heterocycles. The van der Waals surface area contributed by atoms with E-state index in [1.807, 2.05) is 29.9 Å². The minimum atomic E-state index is 0.780. The molecule has 0 aliphatic carbocycles. The molecule has 0 amide bonds. The SMILES string of the molecule is Cn1ccc2nccc(N)c21. The molecule has 0 radical (unpaired) electrons. The van der Waals surface area contributed by atoms with E-state index in [1.54, 1.807) is 6.20 Å². The van der Waals surface area contributed by atoms with Crippen LogP contribution in [0, 0.1) is 0 Å². The molecule has 0 unspecified atom stereocenters. The average Bonchev–Trinajstić information content (AvgIpc) is 2.34. The van der Waals surface area contributed by atoms with E-state index in [2.05, 4.69) is 4.98 Å². The normalized spacial score (nSPS) is 10.6. The van der Waals surface area contributed by atoms with Gasteiger partial charge in [0.05, 0.1) is 16.7 Å². The zero-order valence-electron chi connectivity index (χ0n) is 6.28. The summed E-state index contributed by atoms with van der Waals surface area (Å²) in [6.45, 7) is 0. The summed E-state index contributed by atoms with van der Waals surface area (Å²) in [5.74, 6) is 0. The standard InChI is InChI=1S/C8H9N3/c1-11-5-3-7-8(11)6(9)2-4-10-7/h2-5H,1H3,(H2,9,10). The van der Waals surface area contributed by atoms with Gasteiger partial charge in [-0.25, -0.2) is 0 Å². The highest BCUT2D eigenvalue weighted by molar-refractivity contribution is 5.86. The molecule has 0 bridgehead atoms. The number of nitrogen functional groups attached to an aromatic ring is 1. The lowest BCUT2D eigenvalue weighted by molar-refractivity contribution is 0.969. The van der Waals surface area contributed by atoms with E-state index in [0.717, 1.165) is 16.7 Å². The monoisotopic (exact) mass is 147 g/mol. The van der Waals surface area contributed by atoms with Gasteiger partial charge in [0.2, 0.25) is 0 Å². The smallest absolute Gasteiger partial charge is 0.0902 e. The van der Waals surface area contributed by atoms with Crippen LogP contribution < -0.4 is 5.73 Å². The molecule has 0 aliphatic rings. The number of hydrogen-bond acceptors (Lipinski definition) is 2. The first-order chi connectivity index (χ1) is 5.29. The van der Waals surface area contributed by atoms with Crippen LogP contribution in [0.4, 0.5) is 5.69 Å². The molecule has 3 nitrogen and oxygen atoms in total. The van der Waals surface area contributed by atoms with E-state index in [9.17, 15) is 0 Å². The second kappa shape index (κ2) is 1.99. The first kappa shape index (κ1) is 6.22. The Bertz CT molecular complexity index is 389. The summed E-state index contributed by atoms with van der Waals surface area (Å²) in [7, 11) is 1.96. The van der Waals surface area contributed by atoms with E-state index < -0.39 is 0 Å². The van der Waals surface area contributed by atoms with Gasteiger partial charge in [-0.05, 0) is 12.1 Å². The summed E-state index contributed by atoms with van der Waals surface area (Å²) in [5.41, 5.74) is 8.48. The third-order valence-electron chi connectivity index (χ3n) is 1.79. The van der Waals surface area contributed by atoms with Crippen LogP contribution in [-0.4, -0.2) is 9.55 Å². The van der Waals surface area contributed by atoms with Crippen molar-refractivity contribution in [3.05, 3.63) is 24.5 Å².